The van der Waals surface area contributed by atoms with E-state index in [1.807, 2.05) is 18.2 Å². The number of nitrogens with zero attached hydrogens (tertiary/aromatic N) is 2. The molecule has 0 aromatic heterocycles. The maximum absolute atomic E-state index is 13.8. The topological polar surface area (TPSA) is 72.7 Å². The molecule has 0 bridgehead atoms. The van der Waals surface area contributed by atoms with Gasteiger partial charge >= 0.3 is 12.1 Å². The van der Waals surface area contributed by atoms with E-state index in [9.17, 15) is 28.1 Å². The van der Waals surface area contributed by atoms with Gasteiger partial charge in [-0.25, -0.2) is 0 Å². The van der Waals surface area contributed by atoms with Crippen LogP contribution in [-0.4, -0.2) is 35.1 Å². The molecule has 0 spiro atoms. The van der Waals surface area contributed by atoms with Gasteiger partial charge in [0.25, 0.3) is 5.69 Å². The summed E-state index contributed by atoms with van der Waals surface area (Å²) in [6.07, 6.45) is -5.12. The highest BCUT2D eigenvalue weighted by Gasteiger charge is 2.64. The Bertz CT molecular complexity index is 872. The van der Waals surface area contributed by atoms with Gasteiger partial charge in [-0.3, -0.25) is 19.8 Å². The molecule has 0 saturated carbocycles. The van der Waals surface area contributed by atoms with Crippen molar-refractivity contribution in [2.45, 2.75) is 25.7 Å². The Morgan fingerprint density at radius 1 is 1.10 bits per heavy atom. The van der Waals surface area contributed by atoms with Crippen LogP contribution in [0, 0.1) is 15.5 Å². The summed E-state index contributed by atoms with van der Waals surface area (Å²) >= 11 is 0. The number of esters is 1. The van der Waals surface area contributed by atoms with Crippen LogP contribution >= 0.6 is 0 Å². The lowest BCUT2D eigenvalue weighted by Gasteiger charge is -2.29. The molecular weight excluding hydrogens is 389 g/mol. The van der Waals surface area contributed by atoms with E-state index >= 15 is 0 Å². The number of nitro benzene ring substituents is 1. The number of hydrogen-bond donors (Lipinski definition) is 0. The second-order valence-electron chi connectivity index (χ2n) is 7.03. The van der Waals surface area contributed by atoms with E-state index < -0.39 is 29.0 Å². The van der Waals surface area contributed by atoms with E-state index in [0.29, 0.717) is 12.1 Å². The van der Waals surface area contributed by atoms with E-state index in [1.54, 1.807) is 17.0 Å². The molecule has 29 heavy (non-hydrogen) atoms. The molecule has 6 nitrogen and oxygen atoms in total. The Kier molecular flexibility index (Phi) is 5.88. The zero-order valence-corrected chi connectivity index (χ0v) is 15.4. The highest BCUT2D eigenvalue weighted by atomic mass is 19.4. The van der Waals surface area contributed by atoms with Crippen LogP contribution in [0.15, 0.2) is 54.6 Å². The predicted molar refractivity (Wildman–Crippen MR) is 97.7 cm³/mol. The van der Waals surface area contributed by atoms with Crippen LogP contribution in [0.5, 0.6) is 0 Å². The normalized spacial score (nSPS) is 19.8. The van der Waals surface area contributed by atoms with Crippen LogP contribution < -0.4 is 0 Å². The average Bonchev–Trinajstić information content (AvgIpc) is 3.12. The number of carbonyl (C=O) groups excluding carboxylic acids is 1. The van der Waals surface area contributed by atoms with Gasteiger partial charge in [-0.15, -0.1) is 0 Å². The third-order valence-electron chi connectivity index (χ3n) is 5.05. The molecule has 1 fully saturated rings. The number of hydrogen-bond acceptors (Lipinski definition) is 5. The Hall–Kier alpha value is -2.94. The second-order valence-corrected chi connectivity index (χ2v) is 7.03. The van der Waals surface area contributed by atoms with Crippen LogP contribution in [0.4, 0.5) is 18.9 Å². The first-order valence-corrected chi connectivity index (χ1v) is 8.95. The minimum absolute atomic E-state index is 0.126. The Morgan fingerprint density at radius 3 is 2.34 bits per heavy atom. The molecule has 1 atom stereocenters. The Labute approximate surface area is 165 Å². The molecule has 2 aromatic carbocycles. The maximum atomic E-state index is 13.8. The lowest BCUT2D eigenvalue weighted by atomic mass is 9.86. The molecule has 0 aliphatic carbocycles. The van der Waals surface area contributed by atoms with Crippen molar-refractivity contribution in [3.8, 4) is 0 Å². The van der Waals surface area contributed by atoms with Crippen LogP contribution in [-0.2, 0) is 22.7 Å². The number of nitro groups is 1. The molecular formula is C20H19F3N2O4. The first-order chi connectivity index (χ1) is 13.7. The van der Waals surface area contributed by atoms with E-state index in [2.05, 4.69) is 0 Å². The van der Waals surface area contributed by atoms with E-state index in [0.717, 1.165) is 5.56 Å². The summed E-state index contributed by atoms with van der Waals surface area (Å²) in [5.74, 6) is -1.32. The number of alkyl halides is 3. The molecule has 3 rings (SSSR count). The second kappa shape index (κ2) is 8.20. The lowest BCUT2D eigenvalue weighted by molar-refractivity contribution is -0.384. The fraction of sp³-hybridized carbons (Fsp3) is 0.350. The molecule has 1 aliphatic rings. The summed E-state index contributed by atoms with van der Waals surface area (Å²) in [4.78, 5) is 24.1. The van der Waals surface area contributed by atoms with Gasteiger partial charge in [0, 0.05) is 31.8 Å². The summed E-state index contributed by atoms with van der Waals surface area (Å²) in [6, 6.07) is 14.2. The number of likely N-dealkylation sites (tertiary alicyclic amines) is 1. The van der Waals surface area contributed by atoms with Gasteiger partial charge in [-0.2, -0.15) is 13.2 Å². The van der Waals surface area contributed by atoms with Gasteiger partial charge < -0.3 is 4.74 Å². The summed E-state index contributed by atoms with van der Waals surface area (Å²) < 4.78 is 46.5. The van der Waals surface area contributed by atoms with Gasteiger partial charge in [0.15, 0.2) is 5.41 Å². The fourth-order valence-electron chi connectivity index (χ4n) is 3.38. The first kappa shape index (κ1) is 20.8. The SMILES string of the molecule is O=C(OCc1ccc([N+](=O)[O-])cc1)[C@]1(C(F)(F)F)CCN(Cc2ccccc2)C1. The standard InChI is InChI=1S/C20H19F3N2O4/c21-20(22,23)19(10-11-24(14-19)12-15-4-2-1-3-5-15)18(26)29-13-16-6-8-17(9-7-16)25(27)28/h1-9H,10-14H2/t19-/m0/s1. The largest absolute Gasteiger partial charge is 0.460 e. The molecule has 0 unspecified atom stereocenters. The molecule has 154 valence electrons. The first-order valence-electron chi connectivity index (χ1n) is 8.95. The lowest BCUT2D eigenvalue weighted by Crippen LogP contribution is -2.48. The van der Waals surface area contributed by atoms with Crippen molar-refractivity contribution in [3.63, 3.8) is 0 Å². The summed E-state index contributed by atoms with van der Waals surface area (Å²) in [5, 5.41) is 10.7. The number of ether oxygens (including phenoxy) is 1. The summed E-state index contributed by atoms with van der Waals surface area (Å²) in [7, 11) is 0. The van der Waals surface area contributed by atoms with Crippen molar-refractivity contribution in [3.05, 3.63) is 75.8 Å². The number of non-ortho nitro benzene ring substituents is 1. The number of benzene rings is 2. The average molecular weight is 408 g/mol. The molecule has 1 aliphatic heterocycles. The highest BCUT2D eigenvalue weighted by Crippen LogP contribution is 2.47. The Morgan fingerprint density at radius 2 is 1.76 bits per heavy atom. The van der Waals surface area contributed by atoms with Crippen molar-refractivity contribution < 1.29 is 27.6 Å². The molecule has 1 heterocycles. The molecule has 1 saturated heterocycles. The summed E-state index contributed by atoms with van der Waals surface area (Å²) in [6.45, 7) is -0.410. The van der Waals surface area contributed by atoms with Crippen LogP contribution in [0.25, 0.3) is 0 Å². The smallest absolute Gasteiger partial charge is 0.406 e. The summed E-state index contributed by atoms with van der Waals surface area (Å²) in [5.41, 5.74) is -1.49. The molecule has 0 radical (unpaired) electrons. The van der Waals surface area contributed by atoms with Crippen molar-refractivity contribution >= 4 is 11.7 Å². The third kappa shape index (κ3) is 4.56. The number of carbonyl (C=O) groups is 1. The van der Waals surface area contributed by atoms with Crippen molar-refractivity contribution in [2.24, 2.45) is 5.41 Å². The minimum Gasteiger partial charge on any atom is -0.460 e. The molecule has 2 aromatic rings. The number of rotatable bonds is 6. The molecule has 0 amide bonds. The maximum Gasteiger partial charge on any atom is 0.406 e. The van der Waals surface area contributed by atoms with Gasteiger partial charge in [-0.1, -0.05) is 30.3 Å². The fourth-order valence-corrected chi connectivity index (χ4v) is 3.38. The van der Waals surface area contributed by atoms with Gasteiger partial charge in [0.05, 0.1) is 4.92 Å². The third-order valence-corrected chi connectivity index (χ3v) is 5.05. The minimum atomic E-state index is -4.75. The zero-order chi connectivity index (χ0) is 21.1. The van der Waals surface area contributed by atoms with E-state index in [4.69, 9.17) is 4.74 Å². The van der Waals surface area contributed by atoms with Gasteiger partial charge in [-0.05, 0) is 29.7 Å². The number of halogens is 3. The molecule has 9 heteroatoms. The van der Waals surface area contributed by atoms with Crippen molar-refractivity contribution in [1.82, 2.24) is 4.90 Å². The van der Waals surface area contributed by atoms with Crippen molar-refractivity contribution in [1.29, 1.82) is 0 Å². The van der Waals surface area contributed by atoms with Gasteiger partial charge in [0.1, 0.15) is 6.61 Å². The molecule has 0 N–H and O–H groups in total. The van der Waals surface area contributed by atoms with Crippen molar-refractivity contribution in [2.75, 3.05) is 13.1 Å². The monoisotopic (exact) mass is 408 g/mol. The highest BCUT2D eigenvalue weighted by molar-refractivity contribution is 5.78. The predicted octanol–water partition coefficient (Wildman–Crippen LogP) is 4.09. The zero-order valence-electron chi connectivity index (χ0n) is 15.4. The van der Waals surface area contributed by atoms with Gasteiger partial charge in [0.2, 0.25) is 0 Å². The van der Waals surface area contributed by atoms with E-state index in [1.165, 1.54) is 24.3 Å². The van der Waals surface area contributed by atoms with Crippen LogP contribution in [0.2, 0.25) is 0 Å². The van der Waals surface area contributed by atoms with E-state index in [-0.39, 0.29) is 25.3 Å². The van der Waals surface area contributed by atoms with Crippen LogP contribution in [0.3, 0.4) is 0 Å². The quantitative estimate of drug-likeness (QED) is 0.409. The van der Waals surface area contributed by atoms with Crippen LogP contribution in [0.1, 0.15) is 17.5 Å². The Balaban J connectivity index is 1.68.